The molecule has 0 atom stereocenters. The number of nitrogens with zero attached hydrogens (tertiary/aromatic N) is 2. The summed E-state index contributed by atoms with van der Waals surface area (Å²) < 4.78 is 1.86. The first-order chi connectivity index (χ1) is 8.19. The fourth-order valence-corrected chi connectivity index (χ4v) is 2.20. The minimum absolute atomic E-state index is 0.667. The van der Waals surface area contributed by atoms with Gasteiger partial charge < -0.3 is 0 Å². The Hall–Kier alpha value is -1.90. The second-order valence-electron chi connectivity index (χ2n) is 4.09. The zero-order valence-corrected chi connectivity index (χ0v) is 10.4. The normalized spacial score (nSPS) is 10.5. The third-order valence-corrected chi connectivity index (χ3v) is 3.09. The molecule has 0 unspecified atom stereocenters. The molecule has 0 saturated heterocycles. The Labute approximate surface area is 101 Å². The molecule has 0 bridgehead atoms. The van der Waals surface area contributed by atoms with Gasteiger partial charge in [-0.05, 0) is 38.0 Å². The van der Waals surface area contributed by atoms with Crippen LogP contribution in [0.2, 0.25) is 0 Å². The largest absolute Gasteiger partial charge is 0.298 e. The maximum absolute atomic E-state index is 11.0. The first kappa shape index (κ1) is 11.6. The molecular weight excluding hydrogens is 212 g/mol. The van der Waals surface area contributed by atoms with Crippen LogP contribution in [-0.4, -0.2) is 16.1 Å². The maximum atomic E-state index is 11.0. The van der Waals surface area contributed by atoms with E-state index >= 15 is 0 Å². The molecule has 17 heavy (non-hydrogen) atoms. The van der Waals surface area contributed by atoms with E-state index in [-0.39, 0.29) is 0 Å². The van der Waals surface area contributed by atoms with Gasteiger partial charge in [-0.1, -0.05) is 19.1 Å². The molecule has 0 aliphatic rings. The standard InChI is InChI=1S/C14H16N2O/c1-4-13-10(2)15-16(11(13)3)14-8-6-5-7-12(14)9-17/h5-9H,4H2,1-3H3. The molecule has 88 valence electrons. The van der Waals surface area contributed by atoms with Crippen LogP contribution >= 0.6 is 0 Å². The fraction of sp³-hybridized carbons (Fsp3) is 0.286. The van der Waals surface area contributed by atoms with E-state index in [0.29, 0.717) is 5.56 Å². The minimum Gasteiger partial charge on any atom is -0.298 e. The van der Waals surface area contributed by atoms with Crippen LogP contribution < -0.4 is 0 Å². The summed E-state index contributed by atoms with van der Waals surface area (Å²) in [6.45, 7) is 6.17. The number of aromatic nitrogens is 2. The molecule has 0 radical (unpaired) electrons. The van der Waals surface area contributed by atoms with Crippen LogP contribution in [0.25, 0.3) is 5.69 Å². The van der Waals surface area contributed by atoms with Gasteiger partial charge >= 0.3 is 0 Å². The van der Waals surface area contributed by atoms with E-state index in [1.165, 1.54) is 5.56 Å². The lowest BCUT2D eigenvalue weighted by molar-refractivity contribution is 0.112. The van der Waals surface area contributed by atoms with Crippen molar-refractivity contribution in [1.82, 2.24) is 9.78 Å². The van der Waals surface area contributed by atoms with Crippen molar-refractivity contribution < 1.29 is 4.79 Å². The Kier molecular flexibility index (Phi) is 3.09. The van der Waals surface area contributed by atoms with E-state index in [4.69, 9.17) is 0 Å². The molecular formula is C14H16N2O. The van der Waals surface area contributed by atoms with E-state index in [9.17, 15) is 4.79 Å². The number of carbonyl (C=O) groups excluding carboxylic acids is 1. The molecule has 3 heteroatoms. The van der Waals surface area contributed by atoms with Gasteiger partial charge in [0.25, 0.3) is 0 Å². The first-order valence-corrected chi connectivity index (χ1v) is 5.78. The molecule has 0 aliphatic heterocycles. The smallest absolute Gasteiger partial charge is 0.152 e. The van der Waals surface area contributed by atoms with Crippen molar-refractivity contribution in [2.24, 2.45) is 0 Å². The average Bonchev–Trinajstić information content (AvgIpc) is 2.64. The van der Waals surface area contributed by atoms with E-state index in [2.05, 4.69) is 12.0 Å². The second-order valence-corrected chi connectivity index (χ2v) is 4.09. The highest BCUT2D eigenvalue weighted by atomic mass is 16.1. The Morgan fingerprint density at radius 3 is 2.59 bits per heavy atom. The second kappa shape index (κ2) is 4.53. The zero-order valence-electron chi connectivity index (χ0n) is 10.4. The predicted octanol–water partition coefficient (Wildman–Crippen LogP) is 2.86. The summed E-state index contributed by atoms with van der Waals surface area (Å²) in [5.74, 6) is 0. The van der Waals surface area contributed by atoms with Crippen molar-refractivity contribution in [1.29, 1.82) is 0 Å². The van der Waals surface area contributed by atoms with Crippen LogP contribution in [0.1, 0.15) is 34.2 Å². The predicted molar refractivity (Wildman–Crippen MR) is 67.8 cm³/mol. The monoisotopic (exact) mass is 228 g/mol. The van der Waals surface area contributed by atoms with Crippen molar-refractivity contribution in [2.45, 2.75) is 27.2 Å². The average molecular weight is 228 g/mol. The van der Waals surface area contributed by atoms with E-state index < -0.39 is 0 Å². The van der Waals surface area contributed by atoms with Gasteiger partial charge in [0.1, 0.15) is 0 Å². The summed E-state index contributed by atoms with van der Waals surface area (Å²) in [4.78, 5) is 11.0. The zero-order chi connectivity index (χ0) is 12.4. The first-order valence-electron chi connectivity index (χ1n) is 5.78. The number of rotatable bonds is 3. The summed E-state index contributed by atoms with van der Waals surface area (Å²) in [6.07, 6.45) is 1.83. The molecule has 0 amide bonds. The van der Waals surface area contributed by atoms with Crippen LogP contribution in [0.5, 0.6) is 0 Å². The third-order valence-electron chi connectivity index (χ3n) is 3.09. The van der Waals surface area contributed by atoms with Crippen molar-refractivity contribution in [2.75, 3.05) is 0 Å². The van der Waals surface area contributed by atoms with Gasteiger partial charge in [0, 0.05) is 11.3 Å². The summed E-state index contributed by atoms with van der Waals surface area (Å²) in [6, 6.07) is 7.51. The number of benzene rings is 1. The third kappa shape index (κ3) is 1.88. The number of hydrogen-bond acceptors (Lipinski definition) is 2. The van der Waals surface area contributed by atoms with Gasteiger partial charge in [-0.15, -0.1) is 0 Å². The molecule has 2 aromatic rings. The molecule has 0 aliphatic carbocycles. The van der Waals surface area contributed by atoms with Crippen molar-refractivity contribution in [3.8, 4) is 5.69 Å². The van der Waals surface area contributed by atoms with Gasteiger partial charge in [0.2, 0.25) is 0 Å². The van der Waals surface area contributed by atoms with Gasteiger partial charge in [-0.3, -0.25) is 4.79 Å². The highest BCUT2D eigenvalue weighted by molar-refractivity contribution is 5.80. The van der Waals surface area contributed by atoms with E-state index in [1.54, 1.807) is 0 Å². The molecule has 2 rings (SSSR count). The number of hydrogen-bond donors (Lipinski definition) is 0. The lowest BCUT2D eigenvalue weighted by atomic mass is 10.1. The van der Waals surface area contributed by atoms with Gasteiger partial charge in [0.05, 0.1) is 11.4 Å². The number of aryl methyl sites for hydroxylation is 1. The lowest BCUT2D eigenvalue weighted by Gasteiger charge is -2.07. The van der Waals surface area contributed by atoms with E-state index in [0.717, 1.165) is 29.8 Å². The summed E-state index contributed by atoms with van der Waals surface area (Å²) in [7, 11) is 0. The maximum Gasteiger partial charge on any atom is 0.152 e. The van der Waals surface area contributed by atoms with Crippen LogP contribution in [0.3, 0.4) is 0 Å². The Bertz CT molecular complexity index is 555. The van der Waals surface area contributed by atoms with Gasteiger partial charge in [-0.2, -0.15) is 5.10 Å². The Morgan fingerprint density at radius 1 is 1.29 bits per heavy atom. The van der Waals surface area contributed by atoms with Crippen LogP contribution in [0.15, 0.2) is 24.3 Å². The highest BCUT2D eigenvalue weighted by Gasteiger charge is 2.12. The molecule has 0 fully saturated rings. The Balaban J connectivity index is 2.65. The van der Waals surface area contributed by atoms with Crippen molar-refractivity contribution in [3.63, 3.8) is 0 Å². The Morgan fingerprint density at radius 2 is 2.00 bits per heavy atom. The fourth-order valence-electron chi connectivity index (χ4n) is 2.20. The summed E-state index contributed by atoms with van der Waals surface area (Å²) in [5.41, 5.74) is 4.92. The SMILES string of the molecule is CCc1c(C)nn(-c2ccccc2C=O)c1C. The molecule has 0 spiro atoms. The van der Waals surface area contributed by atoms with Crippen LogP contribution in [0.4, 0.5) is 0 Å². The number of aldehydes is 1. The molecule has 3 nitrogen and oxygen atoms in total. The van der Waals surface area contributed by atoms with Crippen molar-refractivity contribution in [3.05, 3.63) is 46.8 Å². The van der Waals surface area contributed by atoms with Gasteiger partial charge in [-0.25, -0.2) is 4.68 Å². The number of para-hydroxylation sites is 1. The lowest BCUT2D eigenvalue weighted by Crippen LogP contribution is -2.03. The quantitative estimate of drug-likeness (QED) is 0.757. The van der Waals surface area contributed by atoms with Crippen LogP contribution in [-0.2, 0) is 6.42 Å². The molecule has 0 N–H and O–H groups in total. The summed E-state index contributed by atoms with van der Waals surface area (Å²) >= 11 is 0. The van der Waals surface area contributed by atoms with Gasteiger partial charge in [0.15, 0.2) is 6.29 Å². The molecule has 1 heterocycles. The number of carbonyl (C=O) groups is 1. The van der Waals surface area contributed by atoms with Crippen LogP contribution in [0, 0.1) is 13.8 Å². The molecule has 1 aromatic carbocycles. The molecule has 1 aromatic heterocycles. The van der Waals surface area contributed by atoms with Crippen molar-refractivity contribution >= 4 is 6.29 Å². The highest BCUT2D eigenvalue weighted by Crippen LogP contribution is 2.20. The summed E-state index contributed by atoms with van der Waals surface area (Å²) in [5, 5.41) is 4.52. The van der Waals surface area contributed by atoms with E-state index in [1.807, 2.05) is 42.8 Å². The molecule has 0 saturated carbocycles. The minimum atomic E-state index is 0.667. The topological polar surface area (TPSA) is 34.9 Å².